The molecule has 0 fully saturated rings. The zero-order valence-corrected chi connectivity index (χ0v) is 16.2. The van der Waals surface area contributed by atoms with Crippen LogP contribution in [0.3, 0.4) is 0 Å². The summed E-state index contributed by atoms with van der Waals surface area (Å²) in [5.41, 5.74) is 0.435. The van der Waals surface area contributed by atoms with Crippen LogP contribution in [0, 0.1) is 6.92 Å². The van der Waals surface area contributed by atoms with Crippen molar-refractivity contribution in [2.75, 3.05) is 23.8 Å². The van der Waals surface area contributed by atoms with Gasteiger partial charge in [-0.25, -0.2) is 9.78 Å². The standard InChI is InChI=1S/C19H23N5O5/c1-3-29-17(26)12-24-10-4-5-14(18(24)27)22-19(28)20-9-8-16(25)23-15-7-6-13(2)11-21-15/h4-7,10-11H,3,8-9,12H2,1-2H3,(H2,20,22,28)(H,21,23,25). The van der Waals surface area contributed by atoms with E-state index in [1.165, 1.54) is 18.3 Å². The second-order valence-electron chi connectivity index (χ2n) is 6.06. The minimum Gasteiger partial charge on any atom is -0.465 e. The second-order valence-corrected chi connectivity index (χ2v) is 6.06. The summed E-state index contributed by atoms with van der Waals surface area (Å²) in [5.74, 6) is -0.431. The number of nitrogens with zero attached hydrogens (tertiary/aromatic N) is 2. The number of esters is 1. The van der Waals surface area contributed by atoms with Gasteiger partial charge in [-0.15, -0.1) is 0 Å². The van der Waals surface area contributed by atoms with Gasteiger partial charge in [0, 0.05) is 25.4 Å². The van der Waals surface area contributed by atoms with Gasteiger partial charge in [0.25, 0.3) is 5.56 Å². The zero-order chi connectivity index (χ0) is 21.2. The van der Waals surface area contributed by atoms with Crippen LogP contribution in [0.1, 0.15) is 18.9 Å². The molecule has 0 aromatic carbocycles. The summed E-state index contributed by atoms with van der Waals surface area (Å²) < 4.78 is 5.94. The SMILES string of the molecule is CCOC(=O)Cn1cccc(NC(=O)NCCC(=O)Nc2ccc(C)cn2)c1=O. The third-order valence-electron chi connectivity index (χ3n) is 3.69. The number of amides is 3. The minimum absolute atomic E-state index is 0.00241. The quantitative estimate of drug-likeness (QED) is 0.571. The molecule has 2 aromatic heterocycles. The Labute approximate surface area is 167 Å². The van der Waals surface area contributed by atoms with Crippen molar-refractivity contribution in [3.63, 3.8) is 0 Å². The summed E-state index contributed by atoms with van der Waals surface area (Å²) in [6, 6.07) is 5.81. The van der Waals surface area contributed by atoms with E-state index in [2.05, 4.69) is 20.9 Å². The van der Waals surface area contributed by atoms with E-state index in [-0.39, 0.29) is 37.7 Å². The van der Waals surface area contributed by atoms with E-state index in [4.69, 9.17) is 4.74 Å². The van der Waals surface area contributed by atoms with Gasteiger partial charge < -0.3 is 25.3 Å². The van der Waals surface area contributed by atoms with Crippen molar-refractivity contribution in [1.82, 2.24) is 14.9 Å². The smallest absolute Gasteiger partial charge is 0.326 e. The first-order valence-corrected chi connectivity index (χ1v) is 9.01. The van der Waals surface area contributed by atoms with Crippen molar-refractivity contribution in [1.29, 1.82) is 0 Å². The van der Waals surface area contributed by atoms with Crippen LogP contribution in [0.4, 0.5) is 16.3 Å². The fourth-order valence-electron chi connectivity index (χ4n) is 2.31. The number of urea groups is 1. The van der Waals surface area contributed by atoms with Crippen LogP contribution < -0.4 is 21.5 Å². The normalized spacial score (nSPS) is 10.1. The molecule has 0 radical (unpaired) electrons. The van der Waals surface area contributed by atoms with E-state index in [9.17, 15) is 19.2 Å². The van der Waals surface area contributed by atoms with E-state index < -0.39 is 17.6 Å². The Hall–Kier alpha value is -3.69. The first-order valence-electron chi connectivity index (χ1n) is 9.01. The van der Waals surface area contributed by atoms with Crippen molar-refractivity contribution < 1.29 is 19.1 Å². The van der Waals surface area contributed by atoms with Gasteiger partial charge in [-0.2, -0.15) is 0 Å². The molecule has 3 amide bonds. The Balaban J connectivity index is 1.81. The number of nitrogens with one attached hydrogen (secondary N) is 3. The lowest BCUT2D eigenvalue weighted by molar-refractivity contribution is -0.143. The molecule has 0 aliphatic rings. The summed E-state index contributed by atoms with van der Waals surface area (Å²) in [6.07, 6.45) is 3.09. The summed E-state index contributed by atoms with van der Waals surface area (Å²) in [4.78, 5) is 51.7. The van der Waals surface area contributed by atoms with Crippen LogP contribution >= 0.6 is 0 Å². The van der Waals surface area contributed by atoms with Crippen LogP contribution in [0.2, 0.25) is 0 Å². The van der Waals surface area contributed by atoms with Crippen LogP contribution in [-0.4, -0.2) is 40.6 Å². The molecule has 0 aliphatic carbocycles. The van der Waals surface area contributed by atoms with E-state index >= 15 is 0 Å². The first kappa shape index (κ1) is 21.6. The van der Waals surface area contributed by atoms with Crippen LogP contribution in [0.25, 0.3) is 0 Å². The van der Waals surface area contributed by atoms with Crippen LogP contribution in [0.5, 0.6) is 0 Å². The lowest BCUT2D eigenvalue weighted by Crippen LogP contribution is -2.35. The molecule has 10 nitrogen and oxygen atoms in total. The van der Waals surface area contributed by atoms with Crippen molar-refractivity contribution in [2.45, 2.75) is 26.8 Å². The lowest BCUT2D eigenvalue weighted by atomic mass is 10.3. The van der Waals surface area contributed by atoms with Crippen LogP contribution in [0.15, 0.2) is 41.5 Å². The maximum atomic E-state index is 12.3. The Morgan fingerprint density at radius 3 is 2.66 bits per heavy atom. The molecule has 0 unspecified atom stereocenters. The number of rotatable bonds is 8. The minimum atomic E-state index is -0.641. The number of ether oxygens (including phenoxy) is 1. The molecule has 0 saturated heterocycles. The third-order valence-corrected chi connectivity index (χ3v) is 3.69. The van der Waals surface area contributed by atoms with Crippen molar-refractivity contribution in [2.24, 2.45) is 0 Å². The van der Waals surface area contributed by atoms with Crippen LogP contribution in [-0.2, 0) is 20.9 Å². The topological polar surface area (TPSA) is 131 Å². The maximum absolute atomic E-state index is 12.3. The fourth-order valence-corrected chi connectivity index (χ4v) is 2.31. The first-order chi connectivity index (χ1) is 13.9. The molecular weight excluding hydrogens is 378 g/mol. The summed E-state index contributed by atoms with van der Waals surface area (Å²) in [6.45, 7) is 3.58. The Bertz CT molecular complexity index is 923. The summed E-state index contributed by atoms with van der Waals surface area (Å²) in [5, 5.41) is 7.52. The average molecular weight is 401 g/mol. The van der Waals surface area contributed by atoms with Crippen molar-refractivity contribution in [3.05, 3.63) is 52.6 Å². The van der Waals surface area contributed by atoms with Gasteiger partial charge in [0.2, 0.25) is 5.91 Å². The van der Waals surface area contributed by atoms with E-state index in [1.54, 1.807) is 19.2 Å². The largest absolute Gasteiger partial charge is 0.465 e. The number of pyridine rings is 2. The fraction of sp³-hybridized carbons (Fsp3) is 0.316. The summed E-state index contributed by atoms with van der Waals surface area (Å²) in [7, 11) is 0. The highest BCUT2D eigenvalue weighted by Crippen LogP contribution is 2.04. The van der Waals surface area contributed by atoms with E-state index in [0.29, 0.717) is 5.82 Å². The molecule has 0 aliphatic heterocycles. The molecule has 154 valence electrons. The van der Waals surface area contributed by atoms with Gasteiger partial charge in [-0.05, 0) is 37.6 Å². The number of aromatic nitrogens is 2. The Morgan fingerprint density at radius 2 is 1.97 bits per heavy atom. The predicted molar refractivity (Wildman–Crippen MR) is 107 cm³/mol. The lowest BCUT2D eigenvalue weighted by Gasteiger charge is -2.10. The average Bonchev–Trinajstić information content (AvgIpc) is 2.67. The van der Waals surface area contributed by atoms with Gasteiger partial charge in [0.1, 0.15) is 18.1 Å². The molecule has 2 rings (SSSR count). The Kier molecular flexibility index (Phi) is 7.89. The van der Waals surface area contributed by atoms with Crippen molar-refractivity contribution >= 4 is 29.4 Å². The number of anilines is 2. The molecule has 29 heavy (non-hydrogen) atoms. The Morgan fingerprint density at radius 1 is 1.17 bits per heavy atom. The van der Waals surface area contributed by atoms with E-state index in [0.717, 1.165) is 10.1 Å². The molecule has 2 heterocycles. The number of carbonyl (C=O) groups is 3. The monoisotopic (exact) mass is 401 g/mol. The van der Waals surface area contributed by atoms with Gasteiger partial charge >= 0.3 is 12.0 Å². The third kappa shape index (κ3) is 7.09. The number of hydrogen-bond acceptors (Lipinski definition) is 6. The van der Waals surface area contributed by atoms with Gasteiger partial charge in [0.15, 0.2) is 0 Å². The molecule has 2 aromatic rings. The van der Waals surface area contributed by atoms with Gasteiger partial charge in [-0.3, -0.25) is 14.4 Å². The summed E-state index contributed by atoms with van der Waals surface area (Å²) >= 11 is 0. The zero-order valence-electron chi connectivity index (χ0n) is 16.2. The number of hydrogen-bond donors (Lipinski definition) is 3. The second kappa shape index (κ2) is 10.6. The van der Waals surface area contributed by atoms with E-state index in [1.807, 2.05) is 13.0 Å². The maximum Gasteiger partial charge on any atom is 0.326 e. The van der Waals surface area contributed by atoms with Gasteiger partial charge in [0.05, 0.1) is 6.61 Å². The van der Waals surface area contributed by atoms with Gasteiger partial charge in [-0.1, -0.05) is 6.07 Å². The molecule has 0 spiro atoms. The molecule has 0 saturated carbocycles. The molecule has 10 heteroatoms. The highest BCUT2D eigenvalue weighted by Gasteiger charge is 2.11. The number of aryl methyl sites for hydroxylation is 1. The highest BCUT2D eigenvalue weighted by molar-refractivity contribution is 5.91. The highest BCUT2D eigenvalue weighted by atomic mass is 16.5. The molecular formula is C19H23N5O5. The molecule has 0 bridgehead atoms. The predicted octanol–water partition coefficient (Wildman–Crippen LogP) is 1.27. The molecule has 0 atom stereocenters. The van der Waals surface area contributed by atoms with Crippen molar-refractivity contribution in [3.8, 4) is 0 Å². The number of carbonyl (C=O) groups excluding carboxylic acids is 3. The molecule has 3 N–H and O–H groups in total.